The molecule has 2 N–H and O–H groups in total. The molecule has 128 valence electrons. The summed E-state index contributed by atoms with van der Waals surface area (Å²) >= 11 is 1.34. The maximum atomic E-state index is 12.0. The fourth-order valence-corrected chi connectivity index (χ4v) is 2.45. The van der Waals surface area contributed by atoms with E-state index in [1.165, 1.54) is 11.3 Å². The zero-order valence-electron chi connectivity index (χ0n) is 12.7. The zero-order valence-corrected chi connectivity index (χ0v) is 15.1. The van der Waals surface area contributed by atoms with Crippen molar-refractivity contribution in [3.63, 3.8) is 0 Å². The predicted octanol–water partition coefficient (Wildman–Crippen LogP) is 2.01. The second kappa shape index (κ2) is 12.2. The van der Waals surface area contributed by atoms with Crippen LogP contribution in [-0.4, -0.2) is 49.2 Å². The number of carbonyl (C=O) groups is 1. The van der Waals surface area contributed by atoms with E-state index in [0.29, 0.717) is 24.6 Å². The van der Waals surface area contributed by atoms with E-state index in [1.54, 1.807) is 19.5 Å². The minimum absolute atomic E-state index is 0. The molecule has 0 radical (unpaired) electrons. The van der Waals surface area contributed by atoms with Gasteiger partial charge in [0.1, 0.15) is 9.88 Å². The van der Waals surface area contributed by atoms with Gasteiger partial charge in [-0.05, 0) is 12.1 Å². The van der Waals surface area contributed by atoms with Crippen LogP contribution in [0, 0.1) is 0 Å². The number of rotatable bonds is 8. The molecule has 0 aliphatic heterocycles. The first-order valence-corrected chi connectivity index (χ1v) is 7.48. The van der Waals surface area contributed by atoms with E-state index in [2.05, 4.69) is 20.6 Å². The average Bonchev–Trinajstić information content (AvgIpc) is 3.01. The maximum absolute atomic E-state index is 12.0. The third kappa shape index (κ3) is 7.24. The van der Waals surface area contributed by atoms with E-state index in [9.17, 15) is 4.79 Å². The minimum Gasteiger partial charge on any atom is -0.383 e. The SMILES string of the molecule is COCCNCCNC(=O)c1cnc(-c2ccccn2)s1.Cl.Cl. The van der Waals surface area contributed by atoms with Crippen LogP contribution in [-0.2, 0) is 4.74 Å². The molecular weight excluding hydrogens is 359 g/mol. The second-order valence-electron chi connectivity index (χ2n) is 4.24. The lowest BCUT2D eigenvalue weighted by Gasteiger charge is -2.05. The van der Waals surface area contributed by atoms with Crippen LogP contribution in [0.5, 0.6) is 0 Å². The highest BCUT2D eigenvalue weighted by atomic mass is 35.5. The largest absolute Gasteiger partial charge is 0.383 e. The van der Waals surface area contributed by atoms with E-state index >= 15 is 0 Å². The number of thiazole rings is 1. The molecule has 0 fully saturated rings. The molecule has 2 heterocycles. The van der Waals surface area contributed by atoms with Crippen molar-refractivity contribution in [2.75, 3.05) is 33.4 Å². The van der Waals surface area contributed by atoms with E-state index in [4.69, 9.17) is 4.74 Å². The molecule has 0 aromatic carbocycles. The molecule has 0 bridgehead atoms. The summed E-state index contributed by atoms with van der Waals surface area (Å²) in [6.07, 6.45) is 3.30. The van der Waals surface area contributed by atoms with Crippen LogP contribution in [0.4, 0.5) is 0 Å². The van der Waals surface area contributed by atoms with Crippen molar-refractivity contribution in [3.05, 3.63) is 35.5 Å². The molecule has 0 saturated carbocycles. The Balaban J connectivity index is 0.00000242. The highest BCUT2D eigenvalue weighted by Crippen LogP contribution is 2.22. The summed E-state index contributed by atoms with van der Waals surface area (Å²) in [5.74, 6) is -0.108. The first-order chi connectivity index (χ1) is 10.3. The molecule has 0 spiro atoms. The lowest BCUT2D eigenvalue weighted by molar-refractivity contribution is 0.0957. The van der Waals surface area contributed by atoms with Gasteiger partial charge in [0.2, 0.25) is 0 Å². The summed E-state index contributed by atoms with van der Waals surface area (Å²) in [6, 6.07) is 5.62. The Morgan fingerprint density at radius 1 is 1.22 bits per heavy atom. The number of amides is 1. The molecule has 0 saturated heterocycles. The van der Waals surface area contributed by atoms with Gasteiger partial charge in [0.25, 0.3) is 5.91 Å². The summed E-state index contributed by atoms with van der Waals surface area (Å²) in [7, 11) is 1.66. The quantitative estimate of drug-likeness (QED) is 0.687. The summed E-state index contributed by atoms with van der Waals surface area (Å²) in [5.41, 5.74) is 0.780. The number of methoxy groups -OCH3 is 1. The van der Waals surface area contributed by atoms with E-state index in [1.807, 2.05) is 18.2 Å². The lowest BCUT2D eigenvalue weighted by Crippen LogP contribution is -2.32. The Morgan fingerprint density at radius 3 is 2.74 bits per heavy atom. The molecule has 2 rings (SSSR count). The van der Waals surface area contributed by atoms with Crippen molar-refractivity contribution in [1.29, 1.82) is 0 Å². The molecule has 0 atom stereocenters. The van der Waals surface area contributed by atoms with Crippen molar-refractivity contribution < 1.29 is 9.53 Å². The topological polar surface area (TPSA) is 76.1 Å². The van der Waals surface area contributed by atoms with Crippen LogP contribution in [0.1, 0.15) is 9.67 Å². The number of hydrogen-bond donors (Lipinski definition) is 2. The number of halogens is 2. The van der Waals surface area contributed by atoms with Crippen molar-refractivity contribution in [3.8, 4) is 10.7 Å². The van der Waals surface area contributed by atoms with Gasteiger partial charge < -0.3 is 15.4 Å². The molecular formula is C14H20Cl2N4O2S. The van der Waals surface area contributed by atoms with Gasteiger partial charge in [0.05, 0.1) is 18.5 Å². The Kier molecular flexibility index (Phi) is 11.5. The number of nitrogens with zero attached hydrogens (tertiary/aromatic N) is 2. The Labute approximate surface area is 151 Å². The van der Waals surface area contributed by atoms with Crippen LogP contribution in [0.25, 0.3) is 10.7 Å². The number of nitrogens with one attached hydrogen (secondary N) is 2. The monoisotopic (exact) mass is 378 g/mol. The van der Waals surface area contributed by atoms with Gasteiger partial charge in [-0.15, -0.1) is 36.2 Å². The molecule has 2 aromatic heterocycles. The standard InChI is InChI=1S/C14H18N4O2S.2ClH/c1-20-9-8-15-6-7-17-13(19)12-10-18-14(21-12)11-4-2-3-5-16-11;;/h2-5,10,15H,6-9H2,1H3,(H,17,19);2*1H. The highest BCUT2D eigenvalue weighted by molar-refractivity contribution is 7.16. The summed E-state index contributed by atoms with van der Waals surface area (Å²) in [5, 5.41) is 6.76. The molecule has 0 aliphatic rings. The van der Waals surface area contributed by atoms with Crippen molar-refractivity contribution in [2.24, 2.45) is 0 Å². The van der Waals surface area contributed by atoms with Gasteiger partial charge in [0.15, 0.2) is 0 Å². The molecule has 1 amide bonds. The third-order valence-corrected chi connectivity index (χ3v) is 3.70. The molecule has 6 nitrogen and oxygen atoms in total. The number of pyridine rings is 1. The van der Waals surface area contributed by atoms with Crippen molar-refractivity contribution >= 4 is 42.1 Å². The van der Waals surface area contributed by atoms with Crippen LogP contribution in [0.2, 0.25) is 0 Å². The van der Waals surface area contributed by atoms with Gasteiger partial charge in [0, 0.05) is 32.9 Å². The van der Waals surface area contributed by atoms with E-state index in [0.717, 1.165) is 17.2 Å². The zero-order chi connectivity index (χ0) is 14.9. The number of ether oxygens (including phenoxy) is 1. The highest BCUT2D eigenvalue weighted by Gasteiger charge is 2.11. The number of aromatic nitrogens is 2. The summed E-state index contributed by atoms with van der Waals surface area (Å²) in [4.78, 5) is 21.0. The van der Waals surface area contributed by atoms with Crippen molar-refractivity contribution in [1.82, 2.24) is 20.6 Å². The number of hydrogen-bond acceptors (Lipinski definition) is 6. The van der Waals surface area contributed by atoms with E-state index in [-0.39, 0.29) is 30.7 Å². The van der Waals surface area contributed by atoms with Gasteiger partial charge in [-0.1, -0.05) is 6.07 Å². The summed E-state index contributed by atoms with van der Waals surface area (Å²) in [6.45, 7) is 2.72. The Hall–Kier alpha value is -1.25. The summed E-state index contributed by atoms with van der Waals surface area (Å²) < 4.78 is 4.92. The fourth-order valence-electron chi connectivity index (χ4n) is 1.64. The van der Waals surface area contributed by atoms with Crippen LogP contribution < -0.4 is 10.6 Å². The average molecular weight is 379 g/mol. The van der Waals surface area contributed by atoms with Gasteiger partial charge in [-0.2, -0.15) is 0 Å². The molecule has 0 unspecified atom stereocenters. The molecule has 23 heavy (non-hydrogen) atoms. The fraction of sp³-hybridized carbons (Fsp3) is 0.357. The van der Waals surface area contributed by atoms with E-state index < -0.39 is 0 Å². The molecule has 9 heteroatoms. The van der Waals surface area contributed by atoms with Gasteiger partial charge >= 0.3 is 0 Å². The van der Waals surface area contributed by atoms with Gasteiger partial charge in [-0.3, -0.25) is 9.78 Å². The van der Waals surface area contributed by atoms with Crippen LogP contribution >= 0.6 is 36.2 Å². The van der Waals surface area contributed by atoms with Crippen LogP contribution in [0.3, 0.4) is 0 Å². The normalized spacial score (nSPS) is 9.61. The third-order valence-electron chi connectivity index (χ3n) is 2.68. The number of carbonyl (C=O) groups excluding carboxylic acids is 1. The van der Waals surface area contributed by atoms with Crippen LogP contribution in [0.15, 0.2) is 30.6 Å². The predicted molar refractivity (Wildman–Crippen MR) is 96.9 cm³/mol. The smallest absolute Gasteiger partial charge is 0.263 e. The lowest BCUT2D eigenvalue weighted by atomic mass is 10.4. The first-order valence-electron chi connectivity index (χ1n) is 6.66. The molecule has 0 aliphatic carbocycles. The second-order valence-corrected chi connectivity index (χ2v) is 5.27. The first kappa shape index (κ1) is 21.8. The Morgan fingerprint density at radius 2 is 2.04 bits per heavy atom. The van der Waals surface area contributed by atoms with Gasteiger partial charge in [-0.25, -0.2) is 4.98 Å². The van der Waals surface area contributed by atoms with Crippen molar-refractivity contribution in [2.45, 2.75) is 0 Å². The minimum atomic E-state index is -0.108. The molecule has 2 aromatic rings. The maximum Gasteiger partial charge on any atom is 0.263 e. The Bertz CT molecular complexity index is 569.